The summed E-state index contributed by atoms with van der Waals surface area (Å²) in [6.45, 7) is 5.71. The maximum atomic E-state index is 12.8. The highest BCUT2D eigenvalue weighted by Crippen LogP contribution is 2.44. The molecule has 0 saturated heterocycles. The van der Waals surface area contributed by atoms with E-state index in [1.54, 1.807) is 13.8 Å². The summed E-state index contributed by atoms with van der Waals surface area (Å²) in [6.07, 6.45) is 1.64. The van der Waals surface area contributed by atoms with Crippen LogP contribution in [0.25, 0.3) is 11.1 Å². The lowest BCUT2D eigenvalue weighted by molar-refractivity contribution is -0.138. The third-order valence-corrected chi connectivity index (χ3v) is 6.30. The van der Waals surface area contributed by atoms with Gasteiger partial charge in [0.25, 0.3) is 0 Å². The number of hydrogen-bond acceptors (Lipinski definition) is 4. The molecular weight excluding hydrogens is 432 g/mol. The number of benzene rings is 2. The van der Waals surface area contributed by atoms with E-state index in [4.69, 9.17) is 9.84 Å². The minimum Gasteiger partial charge on any atom is -0.481 e. The smallest absolute Gasteiger partial charge is 0.407 e. The standard InChI is InChI=1S/C27H34N2O5/c1-4-5-10-18(15-24(30)31)29-25(32)27(2,3)17-28-26(33)34-16-23-21-13-8-6-11-19(21)20-12-7-9-14-22(20)23/h6-9,11-14,18,23H,4-5,10,15-17H2,1-3H3,(H,28,33)(H,29,32)(H,30,31)/t18-/m1/s1. The SMILES string of the molecule is CCCC[C@H](CC(=O)O)NC(=O)C(C)(C)CNC(=O)OCC1c2ccccc2-c2ccccc21. The Labute approximate surface area is 200 Å². The quantitative estimate of drug-likeness (QED) is 0.445. The van der Waals surface area contributed by atoms with Crippen molar-refractivity contribution in [2.75, 3.05) is 13.2 Å². The van der Waals surface area contributed by atoms with Crippen LogP contribution in [0.1, 0.15) is 63.5 Å². The molecule has 0 spiro atoms. The zero-order chi connectivity index (χ0) is 24.7. The Morgan fingerprint density at radius 3 is 2.18 bits per heavy atom. The fourth-order valence-electron chi connectivity index (χ4n) is 4.29. The Bertz CT molecular complexity index is 988. The summed E-state index contributed by atoms with van der Waals surface area (Å²) in [7, 11) is 0. The van der Waals surface area contributed by atoms with Gasteiger partial charge in [-0.25, -0.2) is 4.79 Å². The topological polar surface area (TPSA) is 105 Å². The Morgan fingerprint density at radius 2 is 1.62 bits per heavy atom. The molecule has 1 atom stereocenters. The van der Waals surface area contributed by atoms with E-state index in [-0.39, 0.29) is 31.4 Å². The van der Waals surface area contributed by atoms with Crippen molar-refractivity contribution in [3.05, 3.63) is 59.7 Å². The molecule has 7 heteroatoms. The zero-order valence-electron chi connectivity index (χ0n) is 20.1. The van der Waals surface area contributed by atoms with Crippen molar-refractivity contribution in [3.63, 3.8) is 0 Å². The molecule has 1 aliphatic rings. The molecule has 2 aromatic rings. The predicted octanol–water partition coefficient (Wildman–Crippen LogP) is 4.70. The molecule has 7 nitrogen and oxygen atoms in total. The van der Waals surface area contributed by atoms with E-state index in [0.29, 0.717) is 6.42 Å². The number of carboxylic acid groups (broad SMARTS) is 1. The van der Waals surface area contributed by atoms with E-state index >= 15 is 0 Å². The van der Waals surface area contributed by atoms with Gasteiger partial charge in [-0.2, -0.15) is 0 Å². The number of nitrogens with one attached hydrogen (secondary N) is 2. The van der Waals surface area contributed by atoms with Crippen LogP contribution in [0.3, 0.4) is 0 Å². The molecule has 0 heterocycles. The van der Waals surface area contributed by atoms with Crippen LogP contribution < -0.4 is 10.6 Å². The number of carbonyl (C=O) groups is 3. The number of carboxylic acids is 1. The molecule has 0 aliphatic heterocycles. The third-order valence-electron chi connectivity index (χ3n) is 6.30. The minimum absolute atomic E-state index is 0.0372. The largest absolute Gasteiger partial charge is 0.481 e. The normalized spacial score (nSPS) is 13.5. The van der Waals surface area contributed by atoms with Crippen molar-refractivity contribution >= 4 is 18.0 Å². The summed E-state index contributed by atoms with van der Waals surface area (Å²) in [6, 6.07) is 15.8. The fraction of sp³-hybridized carbons (Fsp3) is 0.444. The van der Waals surface area contributed by atoms with Crippen LogP contribution in [0.15, 0.2) is 48.5 Å². The second-order valence-electron chi connectivity index (χ2n) is 9.47. The lowest BCUT2D eigenvalue weighted by Crippen LogP contribution is -2.48. The number of carbonyl (C=O) groups excluding carboxylic acids is 2. The second kappa shape index (κ2) is 11.2. The number of aliphatic carboxylic acids is 1. The van der Waals surface area contributed by atoms with Crippen molar-refractivity contribution in [3.8, 4) is 11.1 Å². The molecule has 0 unspecified atom stereocenters. The average molecular weight is 467 g/mol. The molecule has 0 aromatic heterocycles. The molecule has 2 aromatic carbocycles. The third kappa shape index (κ3) is 6.16. The number of ether oxygens (including phenoxy) is 1. The highest BCUT2D eigenvalue weighted by molar-refractivity contribution is 5.83. The summed E-state index contributed by atoms with van der Waals surface area (Å²) < 4.78 is 5.54. The summed E-state index contributed by atoms with van der Waals surface area (Å²) in [5.74, 6) is -1.28. The maximum absolute atomic E-state index is 12.8. The second-order valence-corrected chi connectivity index (χ2v) is 9.47. The molecule has 2 amide bonds. The first kappa shape index (κ1) is 25.3. The summed E-state index contributed by atoms with van der Waals surface area (Å²) in [5.41, 5.74) is 3.66. The fourth-order valence-corrected chi connectivity index (χ4v) is 4.29. The van der Waals surface area contributed by atoms with Crippen molar-refractivity contribution in [2.24, 2.45) is 5.41 Å². The van der Waals surface area contributed by atoms with Crippen LogP contribution >= 0.6 is 0 Å². The highest BCUT2D eigenvalue weighted by atomic mass is 16.5. The van der Waals surface area contributed by atoms with Gasteiger partial charge in [0.2, 0.25) is 5.91 Å². The average Bonchev–Trinajstić information content (AvgIpc) is 3.13. The number of fused-ring (bicyclic) bond motifs is 3. The number of alkyl carbamates (subject to hydrolysis) is 1. The Balaban J connectivity index is 1.54. The van der Waals surface area contributed by atoms with Gasteiger partial charge in [0.15, 0.2) is 0 Å². The van der Waals surface area contributed by atoms with E-state index in [9.17, 15) is 14.4 Å². The van der Waals surface area contributed by atoms with Gasteiger partial charge in [-0.1, -0.05) is 68.3 Å². The van der Waals surface area contributed by atoms with Crippen molar-refractivity contribution in [1.29, 1.82) is 0 Å². The Hall–Kier alpha value is -3.35. The lowest BCUT2D eigenvalue weighted by atomic mass is 9.91. The Morgan fingerprint density at radius 1 is 1.03 bits per heavy atom. The van der Waals surface area contributed by atoms with Gasteiger partial charge < -0.3 is 20.5 Å². The van der Waals surface area contributed by atoms with Crippen LogP contribution in [0.5, 0.6) is 0 Å². The van der Waals surface area contributed by atoms with Crippen LogP contribution in [-0.2, 0) is 14.3 Å². The van der Waals surface area contributed by atoms with Crippen LogP contribution in [0.4, 0.5) is 4.79 Å². The highest BCUT2D eigenvalue weighted by Gasteiger charge is 2.32. The van der Waals surface area contributed by atoms with Gasteiger partial charge in [-0.05, 0) is 42.5 Å². The molecule has 1 aliphatic carbocycles. The molecular formula is C27H34N2O5. The van der Waals surface area contributed by atoms with Gasteiger partial charge in [-0.15, -0.1) is 0 Å². The first-order valence-electron chi connectivity index (χ1n) is 11.8. The van der Waals surface area contributed by atoms with E-state index in [1.165, 1.54) is 0 Å². The molecule has 34 heavy (non-hydrogen) atoms. The van der Waals surface area contributed by atoms with E-state index in [1.807, 2.05) is 31.2 Å². The molecule has 3 N–H and O–H groups in total. The van der Waals surface area contributed by atoms with Gasteiger partial charge in [0.05, 0.1) is 11.8 Å². The molecule has 3 rings (SSSR count). The van der Waals surface area contributed by atoms with Gasteiger partial charge in [0.1, 0.15) is 6.61 Å². The molecule has 182 valence electrons. The monoisotopic (exact) mass is 466 g/mol. The van der Waals surface area contributed by atoms with Gasteiger partial charge >= 0.3 is 12.1 Å². The molecule has 0 radical (unpaired) electrons. The van der Waals surface area contributed by atoms with Crippen molar-refractivity contribution < 1.29 is 24.2 Å². The predicted molar refractivity (Wildman–Crippen MR) is 131 cm³/mol. The van der Waals surface area contributed by atoms with Gasteiger partial charge in [0, 0.05) is 18.5 Å². The minimum atomic E-state index is -0.948. The van der Waals surface area contributed by atoms with Crippen LogP contribution in [-0.4, -0.2) is 42.3 Å². The van der Waals surface area contributed by atoms with Crippen molar-refractivity contribution in [1.82, 2.24) is 10.6 Å². The molecule has 0 fully saturated rings. The first-order valence-corrected chi connectivity index (χ1v) is 11.8. The van der Waals surface area contributed by atoms with E-state index in [0.717, 1.165) is 35.1 Å². The van der Waals surface area contributed by atoms with Crippen molar-refractivity contribution in [2.45, 2.75) is 58.4 Å². The van der Waals surface area contributed by atoms with Crippen LogP contribution in [0, 0.1) is 5.41 Å². The number of hydrogen-bond donors (Lipinski definition) is 3. The maximum Gasteiger partial charge on any atom is 0.407 e. The summed E-state index contributed by atoms with van der Waals surface area (Å²) >= 11 is 0. The summed E-state index contributed by atoms with van der Waals surface area (Å²) in [4.78, 5) is 36.4. The zero-order valence-corrected chi connectivity index (χ0v) is 20.1. The van der Waals surface area contributed by atoms with Crippen LogP contribution in [0.2, 0.25) is 0 Å². The number of rotatable bonds is 11. The Kier molecular flexibility index (Phi) is 8.31. The lowest BCUT2D eigenvalue weighted by Gasteiger charge is -2.27. The van der Waals surface area contributed by atoms with E-state index in [2.05, 4.69) is 34.9 Å². The molecule has 0 saturated carbocycles. The molecule has 0 bridgehead atoms. The van der Waals surface area contributed by atoms with Gasteiger partial charge in [-0.3, -0.25) is 9.59 Å². The van der Waals surface area contributed by atoms with E-state index < -0.39 is 23.5 Å². The number of amides is 2. The first-order chi connectivity index (χ1) is 16.2. The summed E-state index contributed by atoms with van der Waals surface area (Å²) in [5, 5.41) is 14.7. The number of unbranched alkanes of at least 4 members (excludes halogenated alkanes) is 1.